The van der Waals surface area contributed by atoms with Crippen LogP contribution in [0.25, 0.3) is 0 Å². The van der Waals surface area contributed by atoms with Gasteiger partial charge in [-0.2, -0.15) is 0 Å². The Kier molecular flexibility index (Phi) is 4.28. The molecular formula is C8H10Cl2N2O. The Hall–Kier alpha value is -0.510. The highest BCUT2D eigenvalue weighted by Gasteiger charge is 2.02. The van der Waals surface area contributed by atoms with E-state index in [1.807, 2.05) is 7.05 Å². The molecule has 0 radical (unpaired) electrons. The average Bonchev–Trinajstić information content (AvgIpc) is 2.09. The number of nitrogens with zero attached hydrogens (tertiary/aromatic N) is 1. The van der Waals surface area contributed by atoms with Crippen LogP contribution in [-0.4, -0.2) is 25.2 Å². The molecule has 0 aliphatic heterocycles. The number of pyridine rings is 1. The number of hydrogen-bond donors (Lipinski definition) is 1. The van der Waals surface area contributed by atoms with Crippen molar-refractivity contribution in [2.45, 2.75) is 0 Å². The van der Waals surface area contributed by atoms with Crippen molar-refractivity contribution < 1.29 is 4.74 Å². The lowest BCUT2D eigenvalue weighted by Crippen LogP contribution is -2.16. The monoisotopic (exact) mass is 220 g/mol. The van der Waals surface area contributed by atoms with Gasteiger partial charge in [-0.1, -0.05) is 23.2 Å². The van der Waals surface area contributed by atoms with E-state index < -0.39 is 0 Å². The van der Waals surface area contributed by atoms with Gasteiger partial charge in [0.15, 0.2) is 0 Å². The topological polar surface area (TPSA) is 34.1 Å². The van der Waals surface area contributed by atoms with Crippen LogP contribution in [-0.2, 0) is 0 Å². The molecule has 13 heavy (non-hydrogen) atoms. The summed E-state index contributed by atoms with van der Waals surface area (Å²) in [6.45, 7) is 1.28. The summed E-state index contributed by atoms with van der Waals surface area (Å²) in [5.74, 6) is 0.418. The third kappa shape index (κ3) is 3.38. The SMILES string of the molecule is CNCCOc1ncc(Cl)cc1Cl. The third-order valence-electron chi connectivity index (χ3n) is 1.36. The van der Waals surface area contributed by atoms with E-state index in [1.165, 1.54) is 6.20 Å². The molecule has 0 aliphatic carbocycles. The average molecular weight is 221 g/mol. The molecule has 0 aromatic carbocycles. The fourth-order valence-corrected chi connectivity index (χ4v) is 1.19. The summed E-state index contributed by atoms with van der Waals surface area (Å²) in [5.41, 5.74) is 0. The van der Waals surface area contributed by atoms with Crippen LogP contribution < -0.4 is 10.1 Å². The molecule has 72 valence electrons. The van der Waals surface area contributed by atoms with Gasteiger partial charge in [0.05, 0.1) is 5.02 Å². The predicted octanol–water partition coefficient (Wildman–Crippen LogP) is 1.99. The molecule has 1 rings (SSSR count). The molecule has 0 saturated carbocycles. The van der Waals surface area contributed by atoms with Gasteiger partial charge in [-0.3, -0.25) is 0 Å². The minimum atomic E-state index is 0.418. The first-order valence-corrected chi connectivity index (χ1v) is 4.58. The normalized spacial score (nSPS) is 10.1. The van der Waals surface area contributed by atoms with Gasteiger partial charge >= 0.3 is 0 Å². The number of halogens is 2. The highest BCUT2D eigenvalue weighted by Crippen LogP contribution is 2.24. The van der Waals surface area contributed by atoms with Crippen LogP contribution in [0.3, 0.4) is 0 Å². The molecule has 0 bridgehead atoms. The van der Waals surface area contributed by atoms with Crippen LogP contribution in [0, 0.1) is 0 Å². The molecule has 1 heterocycles. The lowest BCUT2D eigenvalue weighted by molar-refractivity contribution is 0.306. The van der Waals surface area contributed by atoms with Gasteiger partial charge in [0.1, 0.15) is 11.6 Å². The molecule has 5 heteroatoms. The van der Waals surface area contributed by atoms with Crippen molar-refractivity contribution in [3.05, 3.63) is 22.3 Å². The maximum Gasteiger partial charge on any atom is 0.232 e. The van der Waals surface area contributed by atoms with Crippen molar-refractivity contribution in [2.24, 2.45) is 0 Å². The van der Waals surface area contributed by atoms with Gasteiger partial charge < -0.3 is 10.1 Å². The van der Waals surface area contributed by atoms with E-state index in [4.69, 9.17) is 27.9 Å². The van der Waals surface area contributed by atoms with Crippen LogP contribution in [0.1, 0.15) is 0 Å². The molecular weight excluding hydrogens is 211 g/mol. The van der Waals surface area contributed by atoms with Crippen molar-refractivity contribution in [2.75, 3.05) is 20.2 Å². The quantitative estimate of drug-likeness (QED) is 0.789. The highest BCUT2D eigenvalue weighted by molar-refractivity contribution is 6.35. The minimum Gasteiger partial charge on any atom is -0.475 e. The molecule has 0 unspecified atom stereocenters. The number of aromatic nitrogens is 1. The largest absolute Gasteiger partial charge is 0.475 e. The predicted molar refractivity (Wildman–Crippen MR) is 53.7 cm³/mol. The smallest absolute Gasteiger partial charge is 0.232 e. The number of likely N-dealkylation sites (N-methyl/N-ethyl adjacent to an activating group) is 1. The van der Waals surface area contributed by atoms with Crippen LogP contribution in [0.15, 0.2) is 12.3 Å². The van der Waals surface area contributed by atoms with E-state index in [0.717, 1.165) is 6.54 Å². The van der Waals surface area contributed by atoms with Crippen LogP contribution in [0.5, 0.6) is 5.88 Å². The zero-order valence-electron chi connectivity index (χ0n) is 7.18. The first kappa shape index (κ1) is 10.6. The van der Waals surface area contributed by atoms with E-state index in [1.54, 1.807) is 6.07 Å². The number of rotatable bonds is 4. The summed E-state index contributed by atoms with van der Waals surface area (Å²) in [6, 6.07) is 1.60. The Morgan fingerprint density at radius 1 is 1.54 bits per heavy atom. The molecule has 0 spiro atoms. The molecule has 1 N–H and O–H groups in total. The van der Waals surface area contributed by atoms with Gasteiger partial charge in [-0.15, -0.1) is 0 Å². The molecule has 0 fully saturated rings. The van der Waals surface area contributed by atoms with Gasteiger partial charge in [0, 0.05) is 12.7 Å². The van der Waals surface area contributed by atoms with Crippen molar-refractivity contribution in [1.82, 2.24) is 10.3 Å². The van der Waals surface area contributed by atoms with Crippen LogP contribution >= 0.6 is 23.2 Å². The first-order chi connectivity index (χ1) is 6.24. The highest BCUT2D eigenvalue weighted by atomic mass is 35.5. The van der Waals surface area contributed by atoms with Gasteiger partial charge in [-0.25, -0.2) is 4.98 Å². The van der Waals surface area contributed by atoms with E-state index in [2.05, 4.69) is 10.3 Å². The molecule has 3 nitrogen and oxygen atoms in total. The van der Waals surface area contributed by atoms with Crippen molar-refractivity contribution in [3.63, 3.8) is 0 Å². The fourth-order valence-electron chi connectivity index (χ4n) is 0.758. The van der Waals surface area contributed by atoms with E-state index in [9.17, 15) is 0 Å². The van der Waals surface area contributed by atoms with Gasteiger partial charge in [0.25, 0.3) is 0 Å². The zero-order valence-corrected chi connectivity index (χ0v) is 8.69. The standard InChI is InChI=1S/C8H10Cl2N2O/c1-11-2-3-13-8-7(10)4-6(9)5-12-8/h4-5,11H,2-3H2,1H3. The molecule has 1 aromatic heterocycles. The number of hydrogen-bond acceptors (Lipinski definition) is 3. The maximum atomic E-state index is 5.82. The van der Waals surface area contributed by atoms with E-state index in [-0.39, 0.29) is 0 Å². The second-order valence-corrected chi connectivity index (χ2v) is 3.24. The minimum absolute atomic E-state index is 0.418. The molecule has 0 atom stereocenters. The third-order valence-corrected chi connectivity index (χ3v) is 1.84. The van der Waals surface area contributed by atoms with Crippen LogP contribution in [0.2, 0.25) is 10.0 Å². The summed E-state index contributed by atoms with van der Waals surface area (Å²) in [5, 5.41) is 3.89. The Bertz CT molecular complexity index is 281. The maximum absolute atomic E-state index is 5.82. The van der Waals surface area contributed by atoms with Gasteiger partial charge in [-0.05, 0) is 13.1 Å². The van der Waals surface area contributed by atoms with E-state index in [0.29, 0.717) is 22.5 Å². The Morgan fingerprint density at radius 3 is 2.92 bits per heavy atom. The first-order valence-electron chi connectivity index (χ1n) is 3.82. The second-order valence-electron chi connectivity index (χ2n) is 2.39. The van der Waals surface area contributed by atoms with Crippen LogP contribution in [0.4, 0.5) is 0 Å². The Labute approximate surface area is 87.0 Å². The fraction of sp³-hybridized carbons (Fsp3) is 0.375. The summed E-state index contributed by atoms with van der Waals surface area (Å²) in [7, 11) is 1.85. The summed E-state index contributed by atoms with van der Waals surface area (Å²) in [6.07, 6.45) is 1.50. The second kappa shape index (κ2) is 5.27. The molecule has 0 amide bonds. The zero-order chi connectivity index (χ0) is 9.68. The molecule has 1 aromatic rings. The molecule has 0 aliphatic rings. The number of ether oxygens (including phenoxy) is 1. The summed E-state index contributed by atoms with van der Waals surface area (Å²) in [4.78, 5) is 3.94. The molecule has 0 saturated heterocycles. The van der Waals surface area contributed by atoms with Gasteiger partial charge in [0.2, 0.25) is 5.88 Å². The van der Waals surface area contributed by atoms with Crippen molar-refractivity contribution in [1.29, 1.82) is 0 Å². The summed E-state index contributed by atoms with van der Waals surface area (Å²) >= 11 is 11.5. The van der Waals surface area contributed by atoms with Crippen molar-refractivity contribution >= 4 is 23.2 Å². The number of nitrogens with one attached hydrogen (secondary N) is 1. The van der Waals surface area contributed by atoms with Crippen molar-refractivity contribution in [3.8, 4) is 5.88 Å². The lowest BCUT2D eigenvalue weighted by Gasteiger charge is -2.05. The van der Waals surface area contributed by atoms with E-state index >= 15 is 0 Å². The Balaban J connectivity index is 2.56. The lowest BCUT2D eigenvalue weighted by atomic mass is 10.5. The summed E-state index contributed by atoms with van der Waals surface area (Å²) < 4.78 is 5.27. The Morgan fingerprint density at radius 2 is 2.31 bits per heavy atom.